The molecule has 0 aliphatic heterocycles. The molecule has 94 valence electrons. The molecule has 0 unspecified atom stereocenters. The first-order chi connectivity index (χ1) is 8.29. The number of anilines is 1. The molecule has 1 aromatic rings. The van der Waals surface area contributed by atoms with Crippen LogP contribution in [0.25, 0.3) is 0 Å². The van der Waals surface area contributed by atoms with Gasteiger partial charge < -0.3 is 9.88 Å². The molecule has 0 bridgehead atoms. The third-order valence-corrected chi connectivity index (χ3v) is 3.64. The molecule has 0 atom stereocenters. The Balaban J connectivity index is 1.91. The molecule has 0 spiro atoms. The van der Waals surface area contributed by atoms with Crippen LogP contribution in [-0.2, 0) is 6.54 Å². The van der Waals surface area contributed by atoms with E-state index in [1.165, 1.54) is 32.1 Å². The largest absolute Gasteiger partial charge is 0.384 e. The molecule has 0 saturated heterocycles. The Morgan fingerprint density at radius 3 is 2.76 bits per heavy atom. The Morgan fingerprint density at radius 2 is 2.06 bits per heavy atom. The van der Waals surface area contributed by atoms with Crippen LogP contribution in [0, 0.1) is 5.92 Å². The van der Waals surface area contributed by atoms with Gasteiger partial charge in [0, 0.05) is 25.4 Å². The third kappa shape index (κ3) is 3.35. The summed E-state index contributed by atoms with van der Waals surface area (Å²) in [5.74, 6) is 0.811. The summed E-state index contributed by atoms with van der Waals surface area (Å²) in [4.78, 5) is 11.4. The van der Waals surface area contributed by atoms with Crippen LogP contribution < -0.4 is 10.9 Å². The number of nitrogens with one attached hydrogen (secondary N) is 1. The second kappa shape index (κ2) is 5.89. The lowest BCUT2D eigenvalue weighted by Gasteiger charge is -2.22. The highest BCUT2D eigenvalue weighted by Crippen LogP contribution is 2.23. The third-order valence-electron chi connectivity index (χ3n) is 3.64. The Bertz CT molecular complexity index is 405. The maximum atomic E-state index is 11.4. The van der Waals surface area contributed by atoms with Crippen molar-refractivity contribution in [2.75, 3.05) is 11.9 Å². The SMILES string of the molecule is CCn1cc(NCC2CCCCC2)ccc1=O. The van der Waals surface area contributed by atoms with Gasteiger partial charge in [-0.25, -0.2) is 0 Å². The molecular formula is C14H22N2O. The van der Waals surface area contributed by atoms with Gasteiger partial charge in [-0.05, 0) is 31.7 Å². The molecule has 1 N–H and O–H groups in total. The minimum Gasteiger partial charge on any atom is -0.384 e. The lowest BCUT2D eigenvalue weighted by molar-refractivity contribution is 0.373. The van der Waals surface area contributed by atoms with Gasteiger partial charge in [0.05, 0.1) is 5.69 Å². The van der Waals surface area contributed by atoms with E-state index in [1.54, 1.807) is 10.6 Å². The van der Waals surface area contributed by atoms with Crippen molar-refractivity contribution >= 4 is 5.69 Å². The summed E-state index contributed by atoms with van der Waals surface area (Å²) < 4.78 is 1.74. The standard InChI is InChI=1S/C14H22N2O/c1-2-16-11-13(8-9-14(16)17)15-10-12-6-4-3-5-7-12/h8-9,11-12,15H,2-7,10H2,1H3. The molecule has 0 aromatic carbocycles. The molecule has 1 aromatic heterocycles. The summed E-state index contributed by atoms with van der Waals surface area (Å²) in [5, 5.41) is 3.46. The van der Waals surface area contributed by atoms with Crippen LogP contribution in [0.15, 0.2) is 23.1 Å². The fourth-order valence-corrected chi connectivity index (χ4v) is 2.54. The quantitative estimate of drug-likeness (QED) is 0.869. The van der Waals surface area contributed by atoms with E-state index in [4.69, 9.17) is 0 Å². The van der Waals surface area contributed by atoms with E-state index in [1.807, 2.05) is 19.2 Å². The molecule has 3 nitrogen and oxygen atoms in total. The topological polar surface area (TPSA) is 34.0 Å². The first kappa shape index (κ1) is 12.2. The second-order valence-electron chi connectivity index (χ2n) is 4.93. The van der Waals surface area contributed by atoms with Crippen LogP contribution in [0.4, 0.5) is 5.69 Å². The summed E-state index contributed by atoms with van der Waals surface area (Å²) in [5.41, 5.74) is 1.15. The highest BCUT2D eigenvalue weighted by Gasteiger charge is 2.12. The van der Waals surface area contributed by atoms with Gasteiger partial charge in [0.2, 0.25) is 0 Å². The van der Waals surface area contributed by atoms with Crippen molar-refractivity contribution in [3.05, 3.63) is 28.7 Å². The van der Waals surface area contributed by atoms with Crippen LogP contribution in [0.5, 0.6) is 0 Å². The van der Waals surface area contributed by atoms with E-state index in [0.29, 0.717) is 0 Å². The lowest BCUT2D eigenvalue weighted by atomic mass is 9.89. The monoisotopic (exact) mass is 234 g/mol. The van der Waals surface area contributed by atoms with E-state index in [-0.39, 0.29) is 5.56 Å². The van der Waals surface area contributed by atoms with Crippen molar-refractivity contribution in [3.8, 4) is 0 Å². The fraction of sp³-hybridized carbons (Fsp3) is 0.643. The molecule has 3 heteroatoms. The zero-order valence-electron chi connectivity index (χ0n) is 10.6. The number of hydrogen-bond donors (Lipinski definition) is 1. The van der Waals surface area contributed by atoms with E-state index in [0.717, 1.165) is 24.7 Å². The smallest absolute Gasteiger partial charge is 0.250 e. The van der Waals surface area contributed by atoms with Crippen LogP contribution >= 0.6 is 0 Å². The van der Waals surface area contributed by atoms with Crippen molar-refractivity contribution < 1.29 is 0 Å². The van der Waals surface area contributed by atoms with E-state index < -0.39 is 0 Å². The minimum absolute atomic E-state index is 0.0794. The van der Waals surface area contributed by atoms with Gasteiger partial charge in [0.15, 0.2) is 0 Å². The highest BCUT2D eigenvalue weighted by molar-refractivity contribution is 5.40. The zero-order valence-corrected chi connectivity index (χ0v) is 10.6. The van der Waals surface area contributed by atoms with Gasteiger partial charge >= 0.3 is 0 Å². The summed E-state index contributed by atoms with van der Waals surface area (Å²) in [6, 6.07) is 3.53. The second-order valence-corrected chi connectivity index (χ2v) is 4.93. The van der Waals surface area contributed by atoms with Crippen molar-refractivity contribution in [2.45, 2.75) is 45.6 Å². The van der Waals surface area contributed by atoms with Gasteiger partial charge in [-0.2, -0.15) is 0 Å². The van der Waals surface area contributed by atoms with Crippen molar-refractivity contribution in [1.82, 2.24) is 4.57 Å². The summed E-state index contributed by atoms with van der Waals surface area (Å²) in [7, 11) is 0. The highest BCUT2D eigenvalue weighted by atomic mass is 16.1. The van der Waals surface area contributed by atoms with Crippen molar-refractivity contribution in [1.29, 1.82) is 0 Å². The molecule has 1 aliphatic carbocycles. The van der Waals surface area contributed by atoms with Crippen molar-refractivity contribution in [3.63, 3.8) is 0 Å². The number of pyridine rings is 1. The maximum Gasteiger partial charge on any atom is 0.250 e. The van der Waals surface area contributed by atoms with E-state index in [2.05, 4.69) is 5.32 Å². The predicted octanol–water partition coefficient (Wildman–Crippen LogP) is 2.86. The van der Waals surface area contributed by atoms with E-state index >= 15 is 0 Å². The first-order valence-corrected chi connectivity index (χ1v) is 6.74. The molecular weight excluding hydrogens is 212 g/mol. The van der Waals surface area contributed by atoms with Crippen LogP contribution in [0.2, 0.25) is 0 Å². The average molecular weight is 234 g/mol. The number of aryl methyl sites for hydroxylation is 1. The molecule has 1 heterocycles. The predicted molar refractivity (Wildman–Crippen MR) is 71.4 cm³/mol. The fourth-order valence-electron chi connectivity index (χ4n) is 2.54. The van der Waals surface area contributed by atoms with Gasteiger partial charge in [-0.3, -0.25) is 4.79 Å². The van der Waals surface area contributed by atoms with Gasteiger partial charge in [0.25, 0.3) is 5.56 Å². The molecule has 1 aliphatic rings. The molecule has 1 saturated carbocycles. The molecule has 0 radical (unpaired) electrons. The van der Waals surface area contributed by atoms with Crippen molar-refractivity contribution in [2.24, 2.45) is 5.92 Å². The van der Waals surface area contributed by atoms with Gasteiger partial charge in [-0.1, -0.05) is 19.3 Å². The molecule has 2 rings (SSSR count). The van der Waals surface area contributed by atoms with Gasteiger partial charge in [-0.15, -0.1) is 0 Å². The average Bonchev–Trinajstić information content (AvgIpc) is 2.39. The lowest BCUT2D eigenvalue weighted by Crippen LogP contribution is -2.20. The Hall–Kier alpha value is -1.25. The first-order valence-electron chi connectivity index (χ1n) is 6.74. The Morgan fingerprint density at radius 1 is 1.29 bits per heavy atom. The molecule has 17 heavy (non-hydrogen) atoms. The Kier molecular flexibility index (Phi) is 4.24. The molecule has 1 fully saturated rings. The van der Waals surface area contributed by atoms with Crippen LogP contribution in [-0.4, -0.2) is 11.1 Å². The maximum absolute atomic E-state index is 11.4. The zero-order chi connectivity index (χ0) is 12.1. The molecule has 0 amide bonds. The normalized spacial score (nSPS) is 17.0. The van der Waals surface area contributed by atoms with Gasteiger partial charge in [0.1, 0.15) is 0 Å². The Labute approximate surface area is 103 Å². The summed E-state index contributed by atoms with van der Waals surface area (Å²) in [6.45, 7) is 3.77. The van der Waals surface area contributed by atoms with Crippen LogP contribution in [0.3, 0.4) is 0 Å². The summed E-state index contributed by atoms with van der Waals surface area (Å²) in [6.07, 6.45) is 8.77. The number of aromatic nitrogens is 1. The number of hydrogen-bond acceptors (Lipinski definition) is 2. The minimum atomic E-state index is 0.0794. The summed E-state index contributed by atoms with van der Waals surface area (Å²) >= 11 is 0. The van der Waals surface area contributed by atoms with E-state index in [9.17, 15) is 4.79 Å². The number of nitrogens with zero attached hydrogens (tertiary/aromatic N) is 1. The van der Waals surface area contributed by atoms with Crippen LogP contribution in [0.1, 0.15) is 39.0 Å². The number of rotatable bonds is 4.